The molecule has 0 unspecified atom stereocenters. The van der Waals surface area contributed by atoms with Crippen molar-refractivity contribution < 1.29 is 14.3 Å². The summed E-state index contributed by atoms with van der Waals surface area (Å²) in [6.07, 6.45) is 0.322. The first kappa shape index (κ1) is 15.6. The number of ether oxygens (including phenoxy) is 2. The Kier molecular flexibility index (Phi) is 5.02. The minimum absolute atomic E-state index is 0.0674. The van der Waals surface area contributed by atoms with Crippen LogP contribution < -0.4 is 9.47 Å². The number of aryl methyl sites for hydroxylation is 1. The van der Waals surface area contributed by atoms with E-state index >= 15 is 0 Å². The van der Waals surface area contributed by atoms with Gasteiger partial charge in [0.25, 0.3) is 0 Å². The fourth-order valence-corrected chi connectivity index (χ4v) is 2.62. The van der Waals surface area contributed by atoms with Crippen LogP contribution in [0.5, 0.6) is 11.5 Å². The summed E-state index contributed by atoms with van der Waals surface area (Å²) in [6.45, 7) is 1.97. The molecule has 110 valence electrons. The van der Waals surface area contributed by atoms with Gasteiger partial charge in [-0.2, -0.15) is 0 Å². The molecule has 2 aromatic carbocycles. The number of carbonyl (C=O) groups excluding carboxylic acids is 1. The van der Waals surface area contributed by atoms with Gasteiger partial charge >= 0.3 is 0 Å². The highest BCUT2D eigenvalue weighted by molar-refractivity contribution is 9.10. The van der Waals surface area contributed by atoms with Crippen molar-refractivity contribution in [1.29, 1.82) is 0 Å². The van der Waals surface area contributed by atoms with Crippen molar-refractivity contribution in [3.63, 3.8) is 0 Å². The third-order valence-electron chi connectivity index (χ3n) is 3.30. The molecular weight excluding hydrogens is 332 g/mol. The minimum atomic E-state index is 0.0674. The third-order valence-corrected chi connectivity index (χ3v) is 4.36. The Morgan fingerprint density at radius 1 is 1.10 bits per heavy atom. The second-order valence-electron chi connectivity index (χ2n) is 4.73. The zero-order valence-corrected chi connectivity index (χ0v) is 13.9. The molecule has 0 fully saturated rings. The van der Waals surface area contributed by atoms with E-state index in [0.29, 0.717) is 23.5 Å². The Labute approximate surface area is 133 Å². The standard InChI is InChI=1S/C17H17BrO3/c1-11-5-4-6-13(17(11)18)14(19)9-12-7-8-15(20-2)16(10-12)21-3/h4-8,10H,9H2,1-3H3. The van der Waals surface area contributed by atoms with E-state index in [-0.39, 0.29) is 5.78 Å². The van der Waals surface area contributed by atoms with Gasteiger partial charge in [-0.05, 0) is 46.1 Å². The molecule has 0 heterocycles. The van der Waals surface area contributed by atoms with Gasteiger partial charge in [0.2, 0.25) is 0 Å². The molecule has 0 saturated carbocycles. The van der Waals surface area contributed by atoms with Gasteiger partial charge in [-0.25, -0.2) is 0 Å². The maximum Gasteiger partial charge on any atom is 0.168 e. The van der Waals surface area contributed by atoms with Gasteiger partial charge in [-0.3, -0.25) is 4.79 Å². The Balaban J connectivity index is 2.25. The first-order valence-electron chi connectivity index (χ1n) is 6.56. The lowest BCUT2D eigenvalue weighted by atomic mass is 10.0. The van der Waals surface area contributed by atoms with Crippen LogP contribution in [0.25, 0.3) is 0 Å². The van der Waals surface area contributed by atoms with Crippen LogP contribution in [0.4, 0.5) is 0 Å². The lowest BCUT2D eigenvalue weighted by Gasteiger charge is -2.10. The first-order valence-corrected chi connectivity index (χ1v) is 7.35. The summed E-state index contributed by atoms with van der Waals surface area (Å²) in [4.78, 5) is 12.4. The van der Waals surface area contributed by atoms with Gasteiger partial charge in [-0.15, -0.1) is 0 Å². The van der Waals surface area contributed by atoms with Crippen LogP contribution >= 0.6 is 15.9 Å². The number of halogens is 1. The summed E-state index contributed by atoms with van der Waals surface area (Å²) in [5.74, 6) is 1.36. The predicted octanol–water partition coefficient (Wildman–Crippen LogP) is 4.20. The lowest BCUT2D eigenvalue weighted by Crippen LogP contribution is -2.05. The molecule has 2 rings (SSSR count). The van der Waals surface area contributed by atoms with E-state index in [1.165, 1.54) is 0 Å². The molecule has 21 heavy (non-hydrogen) atoms. The Morgan fingerprint density at radius 3 is 2.48 bits per heavy atom. The van der Waals surface area contributed by atoms with Gasteiger partial charge < -0.3 is 9.47 Å². The van der Waals surface area contributed by atoms with Crippen LogP contribution in [0.1, 0.15) is 21.5 Å². The van der Waals surface area contributed by atoms with Crippen molar-refractivity contribution in [2.24, 2.45) is 0 Å². The Bertz CT molecular complexity index is 665. The lowest BCUT2D eigenvalue weighted by molar-refractivity contribution is 0.0992. The van der Waals surface area contributed by atoms with Crippen LogP contribution in [0.15, 0.2) is 40.9 Å². The summed E-state index contributed by atoms with van der Waals surface area (Å²) in [7, 11) is 3.17. The molecule has 0 spiro atoms. The molecule has 0 aliphatic heterocycles. The van der Waals surface area contributed by atoms with Crippen LogP contribution in [-0.2, 0) is 6.42 Å². The van der Waals surface area contributed by atoms with E-state index in [9.17, 15) is 4.79 Å². The van der Waals surface area contributed by atoms with E-state index in [2.05, 4.69) is 15.9 Å². The second kappa shape index (κ2) is 6.76. The highest BCUT2D eigenvalue weighted by Gasteiger charge is 2.13. The zero-order chi connectivity index (χ0) is 15.4. The fourth-order valence-electron chi connectivity index (χ4n) is 2.13. The molecule has 0 N–H and O–H groups in total. The van der Waals surface area contributed by atoms with Crippen LogP contribution in [-0.4, -0.2) is 20.0 Å². The van der Waals surface area contributed by atoms with Gasteiger partial charge in [0.1, 0.15) is 0 Å². The Hall–Kier alpha value is -1.81. The second-order valence-corrected chi connectivity index (χ2v) is 5.52. The third kappa shape index (κ3) is 3.45. The molecule has 0 bridgehead atoms. The molecule has 0 radical (unpaired) electrons. The average molecular weight is 349 g/mol. The summed E-state index contributed by atoms with van der Waals surface area (Å²) in [5.41, 5.74) is 2.64. The summed E-state index contributed by atoms with van der Waals surface area (Å²) in [6, 6.07) is 11.2. The molecule has 0 aliphatic carbocycles. The molecular formula is C17H17BrO3. The maximum absolute atomic E-state index is 12.4. The number of hydrogen-bond donors (Lipinski definition) is 0. The molecule has 0 amide bonds. The summed E-state index contributed by atoms with van der Waals surface area (Å²) in [5, 5.41) is 0. The zero-order valence-electron chi connectivity index (χ0n) is 12.3. The highest BCUT2D eigenvalue weighted by Crippen LogP contribution is 2.29. The van der Waals surface area contributed by atoms with E-state index in [1.54, 1.807) is 14.2 Å². The number of carbonyl (C=O) groups is 1. The topological polar surface area (TPSA) is 35.5 Å². The van der Waals surface area contributed by atoms with Crippen molar-refractivity contribution >= 4 is 21.7 Å². The molecule has 3 nitrogen and oxygen atoms in total. The largest absolute Gasteiger partial charge is 0.493 e. The van der Waals surface area contributed by atoms with E-state index in [4.69, 9.17) is 9.47 Å². The van der Waals surface area contributed by atoms with Crippen molar-refractivity contribution in [1.82, 2.24) is 0 Å². The molecule has 0 aliphatic rings. The number of rotatable bonds is 5. The molecule has 0 saturated heterocycles. The van der Waals surface area contributed by atoms with Crippen LogP contribution in [0.3, 0.4) is 0 Å². The minimum Gasteiger partial charge on any atom is -0.493 e. The van der Waals surface area contributed by atoms with Crippen molar-refractivity contribution in [3.05, 3.63) is 57.6 Å². The maximum atomic E-state index is 12.4. The average Bonchev–Trinajstić information content (AvgIpc) is 2.49. The van der Waals surface area contributed by atoms with Crippen LogP contribution in [0, 0.1) is 6.92 Å². The number of Topliss-reactive ketones (excluding diaryl/α,β-unsaturated/α-hetero) is 1. The fraction of sp³-hybridized carbons (Fsp3) is 0.235. The molecule has 4 heteroatoms. The van der Waals surface area contributed by atoms with Crippen molar-refractivity contribution in [2.75, 3.05) is 14.2 Å². The highest BCUT2D eigenvalue weighted by atomic mass is 79.9. The van der Waals surface area contributed by atoms with Gasteiger partial charge in [0.15, 0.2) is 17.3 Å². The normalized spacial score (nSPS) is 10.3. The SMILES string of the molecule is COc1ccc(CC(=O)c2cccc(C)c2Br)cc1OC. The van der Waals surface area contributed by atoms with Gasteiger partial charge in [0, 0.05) is 16.5 Å². The molecule has 0 atom stereocenters. The van der Waals surface area contributed by atoms with E-state index < -0.39 is 0 Å². The number of benzene rings is 2. The van der Waals surface area contributed by atoms with Gasteiger partial charge in [-0.1, -0.05) is 24.3 Å². The van der Waals surface area contributed by atoms with Crippen molar-refractivity contribution in [3.8, 4) is 11.5 Å². The van der Waals surface area contributed by atoms with Gasteiger partial charge in [0.05, 0.1) is 14.2 Å². The summed E-state index contributed by atoms with van der Waals surface area (Å²) < 4.78 is 11.3. The van der Waals surface area contributed by atoms with E-state index in [1.807, 2.05) is 43.3 Å². The monoisotopic (exact) mass is 348 g/mol. The first-order chi connectivity index (χ1) is 10.1. The molecule has 0 aromatic heterocycles. The number of ketones is 1. The predicted molar refractivity (Wildman–Crippen MR) is 86.5 cm³/mol. The van der Waals surface area contributed by atoms with E-state index in [0.717, 1.165) is 15.6 Å². The van der Waals surface area contributed by atoms with Crippen molar-refractivity contribution in [2.45, 2.75) is 13.3 Å². The Morgan fingerprint density at radius 2 is 1.81 bits per heavy atom. The number of hydrogen-bond acceptors (Lipinski definition) is 3. The smallest absolute Gasteiger partial charge is 0.168 e. The van der Waals surface area contributed by atoms with Crippen LogP contribution in [0.2, 0.25) is 0 Å². The number of methoxy groups -OCH3 is 2. The molecule has 2 aromatic rings. The quantitative estimate of drug-likeness (QED) is 0.759. The summed E-state index contributed by atoms with van der Waals surface area (Å²) >= 11 is 3.48.